The second-order valence-corrected chi connectivity index (χ2v) is 7.31. The molecular weight excluding hydrogens is 248 g/mol. The maximum atomic E-state index is 11.6. The summed E-state index contributed by atoms with van der Waals surface area (Å²) in [6, 6.07) is 0. The first kappa shape index (κ1) is 17.3. The average molecular weight is 280 g/mol. The summed E-state index contributed by atoms with van der Waals surface area (Å²) >= 11 is 0. The number of carbonyl (C=O) groups is 1. The zero-order valence-corrected chi connectivity index (χ0v) is 13.6. The molecule has 0 aromatic rings. The summed E-state index contributed by atoms with van der Waals surface area (Å²) in [6.45, 7) is 7.47. The van der Waals surface area contributed by atoms with Crippen molar-refractivity contribution in [2.75, 3.05) is 6.61 Å². The van der Waals surface area contributed by atoms with Crippen molar-refractivity contribution in [1.82, 2.24) is 0 Å². The van der Waals surface area contributed by atoms with Crippen molar-refractivity contribution in [1.29, 1.82) is 0 Å². The van der Waals surface area contributed by atoms with E-state index in [1.165, 1.54) is 19.3 Å². The van der Waals surface area contributed by atoms with E-state index < -0.39 is 0 Å². The number of hydrogen-bond acceptors (Lipinski definition) is 2. The molecule has 0 N–H and O–H groups in total. The van der Waals surface area contributed by atoms with Crippen molar-refractivity contribution in [3.05, 3.63) is 12.2 Å². The molecule has 1 aliphatic carbocycles. The van der Waals surface area contributed by atoms with Crippen molar-refractivity contribution in [3.63, 3.8) is 0 Å². The van der Waals surface area contributed by atoms with Gasteiger partial charge in [0.15, 0.2) is 0 Å². The lowest BCUT2D eigenvalue weighted by atomic mass is 9.89. The Bertz CT molecular complexity index is 299. The molecule has 0 fully saturated rings. The van der Waals surface area contributed by atoms with Crippen LogP contribution in [0.25, 0.3) is 0 Å². The van der Waals surface area contributed by atoms with Gasteiger partial charge in [-0.15, -0.1) is 0 Å². The summed E-state index contributed by atoms with van der Waals surface area (Å²) in [7, 11) is 0. The lowest BCUT2D eigenvalue weighted by Crippen LogP contribution is -2.15. The Morgan fingerprint density at radius 2 is 1.90 bits per heavy atom. The van der Waals surface area contributed by atoms with Gasteiger partial charge in [0.05, 0.1) is 6.61 Å². The van der Waals surface area contributed by atoms with E-state index in [0.717, 1.165) is 32.1 Å². The molecule has 2 heteroatoms. The van der Waals surface area contributed by atoms with E-state index in [0.29, 0.717) is 24.4 Å². The second-order valence-electron chi connectivity index (χ2n) is 7.31. The molecule has 0 amide bonds. The van der Waals surface area contributed by atoms with Gasteiger partial charge in [0.1, 0.15) is 0 Å². The molecular formula is C18H32O2. The van der Waals surface area contributed by atoms with Gasteiger partial charge in [-0.1, -0.05) is 52.2 Å². The number of hydrogen-bond donors (Lipinski definition) is 0. The van der Waals surface area contributed by atoms with Gasteiger partial charge in [-0.05, 0) is 43.4 Å². The number of rotatable bonds is 8. The van der Waals surface area contributed by atoms with E-state index >= 15 is 0 Å². The van der Waals surface area contributed by atoms with Gasteiger partial charge in [0, 0.05) is 6.42 Å². The van der Waals surface area contributed by atoms with Crippen molar-refractivity contribution in [2.45, 2.75) is 78.6 Å². The predicted octanol–water partition coefficient (Wildman–Crippen LogP) is 5.27. The normalized spacial score (nSPS) is 19.1. The van der Waals surface area contributed by atoms with Gasteiger partial charge in [-0.2, -0.15) is 0 Å². The van der Waals surface area contributed by atoms with Crippen LogP contribution < -0.4 is 0 Å². The highest BCUT2D eigenvalue weighted by atomic mass is 16.5. The van der Waals surface area contributed by atoms with Gasteiger partial charge >= 0.3 is 5.97 Å². The minimum Gasteiger partial charge on any atom is -0.465 e. The van der Waals surface area contributed by atoms with Gasteiger partial charge in [-0.3, -0.25) is 4.79 Å². The summed E-state index contributed by atoms with van der Waals surface area (Å²) in [4.78, 5) is 11.6. The maximum absolute atomic E-state index is 11.6. The van der Waals surface area contributed by atoms with Gasteiger partial charge in [0.25, 0.3) is 0 Å². The third kappa shape index (κ3) is 9.17. The molecule has 0 aliphatic heterocycles. The van der Waals surface area contributed by atoms with E-state index in [1.54, 1.807) is 0 Å². The van der Waals surface area contributed by atoms with Crippen LogP contribution in [-0.4, -0.2) is 12.6 Å². The average Bonchev–Trinajstić information content (AvgIpc) is 2.40. The third-order valence-electron chi connectivity index (χ3n) is 3.92. The Morgan fingerprint density at radius 3 is 2.55 bits per heavy atom. The van der Waals surface area contributed by atoms with Crippen LogP contribution in [0.5, 0.6) is 0 Å². The highest BCUT2D eigenvalue weighted by molar-refractivity contribution is 5.69. The van der Waals surface area contributed by atoms with Crippen LogP contribution in [0.1, 0.15) is 78.6 Å². The fourth-order valence-corrected chi connectivity index (χ4v) is 2.57. The van der Waals surface area contributed by atoms with E-state index in [-0.39, 0.29) is 5.97 Å². The molecule has 0 aromatic carbocycles. The lowest BCUT2D eigenvalue weighted by Gasteiger charge is -2.18. The maximum Gasteiger partial charge on any atom is 0.305 e. The summed E-state index contributed by atoms with van der Waals surface area (Å²) in [5, 5.41) is 0. The summed E-state index contributed by atoms with van der Waals surface area (Å²) in [6.07, 6.45) is 14.3. The summed E-state index contributed by atoms with van der Waals surface area (Å²) < 4.78 is 5.37. The molecule has 20 heavy (non-hydrogen) atoms. The van der Waals surface area contributed by atoms with Crippen LogP contribution in [0.3, 0.4) is 0 Å². The molecule has 0 spiro atoms. The fourth-order valence-electron chi connectivity index (χ4n) is 2.57. The van der Waals surface area contributed by atoms with E-state index in [2.05, 4.69) is 32.9 Å². The van der Waals surface area contributed by atoms with Crippen LogP contribution in [0.2, 0.25) is 0 Å². The van der Waals surface area contributed by atoms with E-state index in [1.807, 2.05) is 0 Å². The van der Waals surface area contributed by atoms with E-state index in [4.69, 9.17) is 4.74 Å². The van der Waals surface area contributed by atoms with Crippen LogP contribution >= 0.6 is 0 Å². The second kappa shape index (κ2) is 9.20. The first-order valence-corrected chi connectivity index (χ1v) is 8.28. The van der Waals surface area contributed by atoms with Crippen molar-refractivity contribution < 1.29 is 9.53 Å². The number of allylic oxidation sites excluding steroid dienone is 2. The molecule has 0 bridgehead atoms. The van der Waals surface area contributed by atoms with E-state index in [9.17, 15) is 4.79 Å². The quantitative estimate of drug-likeness (QED) is 0.344. The SMILES string of the molecule is CC(C)(C)CCCCCCC(=O)OCC1CC=CCC1. The Labute approximate surface area is 125 Å². The van der Waals surface area contributed by atoms with Crippen molar-refractivity contribution in [3.8, 4) is 0 Å². The van der Waals surface area contributed by atoms with Crippen LogP contribution in [0.15, 0.2) is 12.2 Å². The van der Waals surface area contributed by atoms with Crippen molar-refractivity contribution >= 4 is 5.97 Å². The van der Waals surface area contributed by atoms with Gasteiger partial charge in [-0.25, -0.2) is 0 Å². The molecule has 116 valence electrons. The standard InChI is InChI=1S/C18H32O2/c1-18(2,3)14-10-5-4-9-13-17(19)20-15-16-11-7-6-8-12-16/h6-7,16H,4-5,8-15H2,1-3H3. The lowest BCUT2D eigenvalue weighted by molar-refractivity contribution is -0.145. The van der Waals surface area contributed by atoms with Crippen LogP contribution in [0.4, 0.5) is 0 Å². The first-order valence-electron chi connectivity index (χ1n) is 8.28. The monoisotopic (exact) mass is 280 g/mol. The summed E-state index contributed by atoms with van der Waals surface area (Å²) in [5.74, 6) is 0.547. The Morgan fingerprint density at radius 1 is 1.15 bits per heavy atom. The Kier molecular flexibility index (Phi) is 7.94. The molecule has 0 saturated carbocycles. The molecule has 0 radical (unpaired) electrons. The highest BCUT2D eigenvalue weighted by Gasteiger charge is 2.12. The summed E-state index contributed by atoms with van der Waals surface area (Å²) in [5.41, 5.74) is 0.438. The number of ether oxygens (including phenoxy) is 1. The molecule has 1 atom stereocenters. The molecule has 2 nitrogen and oxygen atoms in total. The van der Waals surface area contributed by atoms with Crippen molar-refractivity contribution in [2.24, 2.45) is 11.3 Å². The fraction of sp³-hybridized carbons (Fsp3) is 0.833. The number of esters is 1. The molecule has 0 aromatic heterocycles. The molecule has 0 saturated heterocycles. The zero-order chi connectivity index (χ0) is 14.8. The number of carbonyl (C=O) groups excluding carboxylic acids is 1. The molecule has 0 heterocycles. The van der Waals surface area contributed by atoms with Gasteiger partial charge in [0.2, 0.25) is 0 Å². The zero-order valence-electron chi connectivity index (χ0n) is 13.6. The predicted molar refractivity (Wildman–Crippen MR) is 84.6 cm³/mol. The number of unbranched alkanes of at least 4 members (excludes halogenated alkanes) is 3. The highest BCUT2D eigenvalue weighted by Crippen LogP contribution is 2.22. The topological polar surface area (TPSA) is 26.3 Å². The minimum absolute atomic E-state index is 0.00428. The largest absolute Gasteiger partial charge is 0.465 e. The first-order chi connectivity index (χ1) is 9.47. The van der Waals surface area contributed by atoms with Gasteiger partial charge < -0.3 is 4.74 Å². The Hall–Kier alpha value is -0.790. The van der Waals surface area contributed by atoms with Crippen LogP contribution in [-0.2, 0) is 9.53 Å². The minimum atomic E-state index is -0.00428. The van der Waals surface area contributed by atoms with Crippen LogP contribution in [0, 0.1) is 11.3 Å². The third-order valence-corrected chi connectivity index (χ3v) is 3.92. The molecule has 1 aliphatic rings. The molecule has 1 rings (SSSR count). The smallest absolute Gasteiger partial charge is 0.305 e. The Balaban J connectivity index is 1.93. The molecule has 1 unspecified atom stereocenters.